The minimum atomic E-state index is -0.204. The fourth-order valence-electron chi connectivity index (χ4n) is 2.04. The maximum absolute atomic E-state index is 12.1. The number of benzene rings is 1. The molecule has 1 atom stereocenters. The zero-order chi connectivity index (χ0) is 14.4. The van der Waals surface area contributed by atoms with Crippen LogP contribution in [0.4, 0.5) is 11.4 Å². The van der Waals surface area contributed by atoms with Crippen LogP contribution in [0.25, 0.3) is 0 Å². The molecule has 0 heterocycles. The SMILES string of the molecule is CCCN(c1cccc(N)c1)C(C)C(=O)NC(C)C. The van der Waals surface area contributed by atoms with Crippen molar-refractivity contribution in [2.45, 2.75) is 46.2 Å². The topological polar surface area (TPSA) is 58.4 Å². The number of nitrogens with zero attached hydrogens (tertiary/aromatic N) is 1. The number of hydrogen-bond acceptors (Lipinski definition) is 3. The Kier molecular flexibility index (Phi) is 5.67. The van der Waals surface area contributed by atoms with Crippen molar-refractivity contribution in [1.29, 1.82) is 0 Å². The van der Waals surface area contributed by atoms with E-state index < -0.39 is 0 Å². The van der Waals surface area contributed by atoms with Crippen molar-refractivity contribution in [3.05, 3.63) is 24.3 Å². The maximum atomic E-state index is 12.1. The van der Waals surface area contributed by atoms with Crippen LogP contribution < -0.4 is 16.0 Å². The van der Waals surface area contributed by atoms with Crippen LogP contribution in [-0.4, -0.2) is 24.5 Å². The Hall–Kier alpha value is -1.71. The summed E-state index contributed by atoms with van der Waals surface area (Å²) in [5.74, 6) is 0.0471. The Morgan fingerprint density at radius 1 is 1.37 bits per heavy atom. The molecule has 0 spiro atoms. The van der Waals surface area contributed by atoms with Crippen LogP contribution in [0, 0.1) is 0 Å². The molecule has 1 rings (SSSR count). The first kappa shape index (κ1) is 15.3. The molecule has 1 unspecified atom stereocenters. The minimum absolute atomic E-state index is 0.0471. The van der Waals surface area contributed by atoms with Gasteiger partial charge in [0, 0.05) is 24.0 Å². The summed E-state index contributed by atoms with van der Waals surface area (Å²) >= 11 is 0. The van der Waals surface area contributed by atoms with Gasteiger partial charge in [0.05, 0.1) is 0 Å². The maximum Gasteiger partial charge on any atom is 0.242 e. The fourth-order valence-corrected chi connectivity index (χ4v) is 2.04. The third kappa shape index (κ3) is 4.47. The molecule has 4 nitrogen and oxygen atoms in total. The Morgan fingerprint density at radius 2 is 2.05 bits per heavy atom. The molecule has 0 radical (unpaired) electrons. The Bertz CT molecular complexity index is 418. The van der Waals surface area contributed by atoms with E-state index in [1.807, 2.05) is 45.0 Å². The van der Waals surface area contributed by atoms with Crippen LogP contribution in [0.1, 0.15) is 34.1 Å². The Balaban J connectivity index is 2.90. The highest BCUT2D eigenvalue weighted by molar-refractivity contribution is 5.85. The highest BCUT2D eigenvalue weighted by atomic mass is 16.2. The van der Waals surface area contributed by atoms with E-state index in [1.165, 1.54) is 0 Å². The van der Waals surface area contributed by atoms with Gasteiger partial charge in [0.25, 0.3) is 0 Å². The summed E-state index contributed by atoms with van der Waals surface area (Å²) in [6.45, 7) is 8.80. The summed E-state index contributed by atoms with van der Waals surface area (Å²) in [6.07, 6.45) is 0.980. The van der Waals surface area contributed by atoms with Gasteiger partial charge in [0.15, 0.2) is 0 Å². The number of hydrogen-bond donors (Lipinski definition) is 2. The van der Waals surface area contributed by atoms with Crippen molar-refractivity contribution in [3.63, 3.8) is 0 Å². The molecule has 0 fully saturated rings. The average molecular weight is 263 g/mol. The molecule has 0 saturated heterocycles. The van der Waals surface area contributed by atoms with Crippen LogP contribution in [-0.2, 0) is 4.79 Å². The van der Waals surface area contributed by atoms with Crippen molar-refractivity contribution in [3.8, 4) is 0 Å². The number of carbonyl (C=O) groups excluding carboxylic acids is 1. The number of rotatable bonds is 6. The van der Waals surface area contributed by atoms with E-state index in [2.05, 4.69) is 17.1 Å². The van der Waals surface area contributed by atoms with Gasteiger partial charge in [-0.15, -0.1) is 0 Å². The average Bonchev–Trinajstić information content (AvgIpc) is 2.34. The predicted molar refractivity (Wildman–Crippen MR) is 81.2 cm³/mol. The third-order valence-corrected chi connectivity index (χ3v) is 2.94. The molecule has 0 aliphatic carbocycles. The molecule has 4 heteroatoms. The van der Waals surface area contributed by atoms with Crippen LogP contribution in [0.2, 0.25) is 0 Å². The lowest BCUT2D eigenvalue weighted by atomic mass is 10.1. The minimum Gasteiger partial charge on any atom is -0.399 e. The van der Waals surface area contributed by atoms with Gasteiger partial charge < -0.3 is 16.0 Å². The van der Waals surface area contributed by atoms with E-state index >= 15 is 0 Å². The molecule has 0 aliphatic rings. The van der Waals surface area contributed by atoms with Crippen molar-refractivity contribution in [2.75, 3.05) is 17.2 Å². The summed E-state index contributed by atoms with van der Waals surface area (Å²) in [4.78, 5) is 14.2. The molecule has 19 heavy (non-hydrogen) atoms. The van der Waals surface area contributed by atoms with E-state index in [0.717, 1.165) is 24.3 Å². The molecule has 0 aromatic heterocycles. The standard InChI is InChI=1S/C15H25N3O/c1-5-9-18(12(4)15(19)17-11(2)3)14-8-6-7-13(16)10-14/h6-8,10-12H,5,9,16H2,1-4H3,(H,17,19). The van der Waals surface area contributed by atoms with Gasteiger partial charge in [-0.2, -0.15) is 0 Å². The lowest BCUT2D eigenvalue weighted by Gasteiger charge is -2.31. The number of amides is 1. The van der Waals surface area contributed by atoms with Gasteiger partial charge in [-0.3, -0.25) is 4.79 Å². The largest absolute Gasteiger partial charge is 0.399 e. The molecular weight excluding hydrogens is 238 g/mol. The molecule has 1 aromatic carbocycles. The van der Waals surface area contributed by atoms with Gasteiger partial charge in [-0.25, -0.2) is 0 Å². The van der Waals surface area contributed by atoms with E-state index in [4.69, 9.17) is 5.73 Å². The van der Waals surface area contributed by atoms with Crippen LogP contribution >= 0.6 is 0 Å². The lowest BCUT2D eigenvalue weighted by Crippen LogP contribution is -2.47. The fraction of sp³-hybridized carbons (Fsp3) is 0.533. The second kappa shape index (κ2) is 7.02. The zero-order valence-electron chi connectivity index (χ0n) is 12.3. The number of carbonyl (C=O) groups is 1. The molecule has 1 aromatic rings. The van der Waals surface area contributed by atoms with Crippen molar-refractivity contribution >= 4 is 17.3 Å². The van der Waals surface area contributed by atoms with E-state index in [9.17, 15) is 4.79 Å². The lowest BCUT2D eigenvalue weighted by molar-refractivity contribution is -0.122. The summed E-state index contributed by atoms with van der Waals surface area (Å²) in [6, 6.07) is 7.62. The monoisotopic (exact) mass is 263 g/mol. The number of anilines is 2. The van der Waals surface area contributed by atoms with E-state index in [-0.39, 0.29) is 18.0 Å². The van der Waals surface area contributed by atoms with Gasteiger partial charge in [-0.1, -0.05) is 13.0 Å². The summed E-state index contributed by atoms with van der Waals surface area (Å²) in [7, 11) is 0. The van der Waals surface area contributed by atoms with Crippen LogP contribution in [0.3, 0.4) is 0 Å². The molecule has 0 bridgehead atoms. The molecule has 0 aliphatic heterocycles. The molecule has 3 N–H and O–H groups in total. The van der Waals surface area contributed by atoms with Gasteiger partial charge in [0.1, 0.15) is 6.04 Å². The van der Waals surface area contributed by atoms with Crippen molar-refractivity contribution < 1.29 is 4.79 Å². The summed E-state index contributed by atoms with van der Waals surface area (Å²) in [5, 5.41) is 2.95. The quantitative estimate of drug-likeness (QED) is 0.775. The molecule has 106 valence electrons. The first-order chi connectivity index (χ1) is 8.95. The van der Waals surface area contributed by atoms with E-state index in [0.29, 0.717) is 0 Å². The molecular formula is C15H25N3O. The van der Waals surface area contributed by atoms with Gasteiger partial charge >= 0.3 is 0 Å². The van der Waals surface area contributed by atoms with Crippen LogP contribution in [0.5, 0.6) is 0 Å². The summed E-state index contributed by atoms with van der Waals surface area (Å²) in [5.41, 5.74) is 7.53. The highest BCUT2D eigenvalue weighted by Crippen LogP contribution is 2.20. The number of nitrogens with two attached hydrogens (primary N) is 1. The second-order valence-corrected chi connectivity index (χ2v) is 5.13. The summed E-state index contributed by atoms with van der Waals surface area (Å²) < 4.78 is 0. The highest BCUT2D eigenvalue weighted by Gasteiger charge is 2.21. The second-order valence-electron chi connectivity index (χ2n) is 5.13. The number of nitrogen functional groups attached to an aromatic ring is 1. The smallest absolute Gasteiger partial charge is 0.242 e. The first-order valence-corrected chi connectivity index (χ1v) is 6.88. The van der Waals surface area contributed by atoms with E-state index in [1.54, 1.807) is 0 Å². The van der Waals surface area contributed by atoms with Crippen LogP contribution in [0.15, 0.2) is 24.3 Å². The Morgan fingerprint density at radius 3 is 2.58 bits per heavy atom. The molecule has 1 amide bonds. The Labute approximate surface area is 116 Å². The van der Waals surface area contributed by atoms with Gasteiger partial charge in [0.2, 0.25) is 5.91 Å². The van der Waals surface area contributed by atoms with Crippen molar-refractivity contribution in [1.82, 2.24) is 5.32 Å². The third-order valence-electron chi connectivity index (χ3n) is 2.94. The van der Waals surface area contributed by atoms with Crippen molar-refractivity contribution in [2.24, 2.45) is 0 Å². The normalized spacial score (nSPS) is 12.3. The zero-order valence-corrected chi connectivity index (χ0v) is 12.3. The first-order valence-electron chi connectivity index (χ1n) is 6.88. The van der Waals surface area contributed by atoms with Gasteiger partial charge in [-0.05, 0) is 45.4 Å². The molecule has 0 saturated carbocycles. The number of nitrogens with one attached hydrogen (secondary N) is 1. The predicted octanol–water partition coefficient (Wildman–Crippen LogP) is 2.40.